The van der Waals surface area contributed by atoms with Crippen LogP contribution in [0, 0.1) is 0 Å². The number of ether oxygens (including phenoxy) is 1. The molecule has 0 atom stereocenters. The zero-order valence-electron chi connectivity index (χ0n) is 15.0. The van der Waals surface area contributed by atoms with Gasteiger partial charge in [0.15, 0.2) is 0 Å². The third kappa shape index (κ3) is 4.23. The first kappa shape index (κ1) is 19.2. The Morgan fingerprint density at radius 2 is 1.78 bits per heavy atom. The van der Waals surface area contributed by atoms with Crippen LogP contribution in [0.2, 0.25) is 0 Å². The highest BCUT2D eigenvalue weighted by Gasteiger charge is 2.29. The number of benzene rings is 2. The Bertz CT molecular complexity index is 921. The largest absolute Gasteiger partial charge is 0.495 e. The van der Waals surface area contributed by atoms with Crippen molar-refractivity contribution in [3.8, 4) is 5.75 Å². The summed E-state index contributed by atoms with van der Waals surface area (Å²) in [5, 5.41) is 8.91. The van der Waals surface area contributed by atoms with Crippen LogP contribution in [0.1, 0.15) is 5.56 Å². The van der Waals surface area contributed by atoms with Gasteiger partial charge in [-0.25, -0.2) is 8.42 Å². The van der Waals surface area contributed by atoms with Gasteiger partial charge in [-0.1, -0.05) is 24.3 Å². The number of carboxylic acids is 1. The van der Waals surface area contributed by atoms with E-state index in [1.807, 2.05) is 24.3 Å². The summed E-state index contributed by atoms with van der Waals surface area (Å²) in [6.45, 7) is 1.80. The smallest absolute Gasteiger partial charge is 0.307 e. The van der Waals surface area contributed by atoms with Crippen molar-refractivity contribution in [3.05, 3.63) is 54.1 Å². The molecule has 0 aliphatic carbocycles. The van der Waals surface area contributed by atoms with Gasteiger partial charge in [-0.3, -0.25) is 4.79 Å². The molecule has 0 radical (unpaired) electrons. The number of anilines is 1. The molecule has 1 saturated heterocycles. The molecule has 1 aliphatic rings. The van der Waals surface area contributed by atoms with Crippen molar-refractivity contribution in [1.82, 2.24) is 4.31 Å². The average molecular weight is 390 g/mol. The van der Waals surface area contributed by atoms with Gasteiger partial charge in [0, 0.05) is 26.2 Å². The molecule has 0 bridgehead atoms. The standard InChI is InChI=1S/C19H22N2O5S/c1-26-18-8-3-2-7-17(18)20-9-11-21(12-10-20)27(24,25)16-6-4-5-15(13-16)14-19(22)23/h2-8,13H,9-12,14H2,1H3,(H,22,23). The molecule has 0 unspecified atom stereocenters. The lowest BCUT2D eigenvalue weighted by atomic mass is 10.2. The molecular weight excluding hydrogens is 368 g/mol. The van der Waals surface area contributed by atoms with Gasteiger partial charge in [-0.05, 0) is 29.8 Å². The molecule has 2 aromatic carbocycles. The van der Waals surface area contributed by atoms with Crippen molar-refractivity contribution in [2.24, 2.45) is 0 Å². The summed E-state index contributed by atoms with van der Waals surface area (Å²) in [6.07, 6.45) is -0.203. The minimum absolute atomic E-state index is 0.131. The number of sulfonamides is 1. The zero-order chi connectivity index (χ0) is 19.4. The van der Waals surface area contributed by atoms with Gasteiger partial charge in [0.1, 0.15) is 5.75 Å². The molecule has 3 rings (SSSR count). The molecule has 0 aromatic heterocycles. The second kappa shape index (κ2) is 7.98. The molecule has 1 fully saturated rings. The molecule has 1 heterocycles. The van der Waals surface area contributed by atoms with Gasteiger partial charge < -0.3 is 14.7 Å². The number of nitrogens with zero attached hydrogens (tertiary/aromatic N) is 2. The molecule has 7 nitrogen and oxygen atoms in total. The number of rotatable bonds is 6. The van der Waals surface area contributed by atoms with E-state index in [1.165, 1.54) is 16.4 Å². The van der Waals surface area contributed by atoms with Crippen LogP contribution < -0.4 is 9.64 Å². The Morgan fingerprint density at radius 1 is 1.07 bits per heavy atom. The Hall–Kier alpha value is -2.58. The zero-order valence-corrected chi connectivity index (χ0v) is 15.9. The fourth-order valence-corrected chi connectivity index (χ4v) is 4.69. The maximum Gasteiger partial charge on any atom is 0.307 e. The molecule has 1 N–H and O–H groups in total. The SMILES string of the molecule is COc1ccccc1N1CCN(S(=O)(=O)c2cccc(CC(=O)O)c2)CC1. The van der Waals surface area contributed by atoms with E-state index >= 15 is 0 Å². The molecule has 144 valence electrons. The first-order chi connectivity index (χ1) is 12.9. The van der Waals surface area contributed by atoms with Crippen molar-refractivity contribution in [1.29, 1.82) is 0 Å². The van der Waals surface area contributed by atoms with E-state index in [4.69, 9.17) is 9.84 Å². The van der Waals surface area contributed by atoms with E-state index in [1.54, 1.807) is 19.2 Å². The quantitative estimate of drug-likeness (QED) is 0.810. The summed E-state index contributed by atoms with van der Waals surface area (Å²) in [5.74, 6) is -0.231. The maximum atomic E-state index is 12.9. The number of para-hydroxylation sites is 2. The maximum absolute atomic E-state index is 12.9. The molecule has 27 heavy (non-hydrogen) atoms. The van der Waals surface area contributed by atoms with Crippen molar-refractivity contribution >= 4 is 21.7 Å². The monoisotopic (exact) mass is 390 g/mol. The molecule has 0 saturated carbocycles. The topological polar surface area (TPSA) is 87.2 Å². The van der Waals surface area contributed by atoms with Gasteiger partial charge in [0.25, 0.3) is 0 Å². The van der Waals surface area contributed by atoms with Crippen molar-refractivity contribution in [2.45, 2.75) is 11.3 Å². The van der Waals surface area contributed by atoms with Crippen LogP contribution in [0.15, 0.2) is 53.4 Å². The first-order valence-corrected chi connectivity index (χ1v) is 10.0. The van der Waals surface area contributed by atoms with Gasteiger partial charge in [0.2, 0.25) is 10.0 Å². The third-order valence-corrected chi connectivity index (χ3v) is 6.45. The van der Waals surface area contributed by atoms with Crippen LogP contribution in [0.5, 0.6) is 5.75 Å². The van der Waals surface area contributed by atoms with E-state index in [2.05, 4.69) is 4.90 Å². The Morgan fingerprint density at radius 3 is 2.44 bits per heavy atom. The van der Waals surface area contributed by atoms with Crippen molar-refractivity contribution in [2.75, 3.05) is 38.2 Å². The van der Waals surface area contributed by atoms with Crippen molar-refractivity contribution in [3.63, 3.8) is 0 Å². The van der Waals surface area contributed by atoms with E-state index in [-0.39, 0.29) is 11.3 Å². The Balaban J connectivity index is 1.74. The van der Waals surface area contributed by atoms with Gasteiger partial charge in [-0.15, -0.1) is 0 Å². The highest BCUT2D eigenvalue weighted by Crippen LogP contribution is 2.29. The second-order valence-electron chi connectivity index (χ2n) is 6.28. The number of carboxylic acid groups (broad SMARTS) is 1. The average Bonchev–Trinajstić information content (AvgIpc) is 2.68. The Labute approximate surface area is 158 Å². The van der Waals surface area contributed by atoms with Crippen LogP contribution >= 0.6 is 0 Å². The normalized spacial score (nSPS) is 15.5. The van der Waals surface area contributed by atoms with Crippen molar-refractivity contribution < 1.29 is 23.1 Å². The molecule has 0 spiro atoms. The summed E-state index contributed by atoms with van der Waals surface area (Å²) < 4.78 is 32.7. The number of piperazine rings is 1. The highest BCUT2D eigenvalue weighted by molar-refractivity contribution is 7.89. The van der Waals surface area contributed by atoms with Crippen LogP contribution in [-0.2, 0) is 21.2 Å². The number of hydrogen-bond acceptors (Lipinski definition) is 5. The molecule has 0 amide bonds. The van der Waals surface area contributed by atoms with Gasteiger partial charge in [-0.2, -0.15) is 4.31 Å². The number of carbonyl (C=O) groups is 1. The lowest BCUT2D eigenvalue weighted by molar-refractivity contribution is -0.136. The van der Waals surface area contributed by atoms with E-state index in [9.17, 15) is 13.2 Å². The lowest BCUT2D eigenvalue weighted by Crippen LogP contribution is -2.48. The summed E-state index contributed by atoms with van der Waals surface area (Å²) in [7, 11) is -2.04. The van der Waals surface area contributed by atoms with Gasteiger partial charge in [0.05, 0.1) is 24.1 Å². The minimum Gasteiger partial charge on any atom is -0.495 e. The van der Waals surface area contributed by atoms with E-state index in [0.717, 1.165) is 11.4 Å². The molecule has 1 aliphatic heterocycles. The van der Waals surface area contributed by atoms with E-state index in [0.29, 0.717) is 31.7 Å². The summed E-state index contributed by atoms with van der Waals surface area (Å²) in [5.41, 5.74) is 1.41. The van der Waals surface area contributed by atoms with E-state index < -0.39 is 16.0 Å². The fraction of sp³-hybridized carbons (Fsp3) is 0.316. The summed E-state index contributed by atoms with van der Waals surface area (Å²) in [6, 6.07) is 13.8. The first-order valence-electron chi connectivity index (χ1n) is 8.60. The third-order valence-electron chi connectivity index (χ3n) is 4.56. The van der Waals surface area contributed by atoms with Crippen LogP contribution in [0.4, 0.5) is 5.69 Å². The summed E-state index contributed by atoms with van der Waals surface area (Å²) >= 11 is 0. The fourth-order valence-electron chi connectivity index (χ4n) is 3.20. The minimum atomic E-state index is -3.66. The number of aliphatic carboxylic acids is 1. The summed E-state index contributed by atoms with van der Waals surface area (Å²) in [4.78, 5) is 13.1. The predicted octanol–water partition coefficient (Wildman–Crippen LogP) is 1.83. The molecule has 8 heteroatoms. The molecular formula is C19H22N2O5S. The van der Waals surface area contributed by atoms with Crippen LogP contribution in [0.3, 0.4) is 0 Å². The number of methoxy groups -OCH3 is 1. The van der Waals surface area contributed by atoms with Crippen LogP contribution in [0.25, 0.3) is 0 Å². The Kier molecular flexibility index (Phi) is 5.67. The number of hydrogen-bond donors (Lipinski definition) is 1. The van der Waals surface area contributed by atoms with Crippen LogP contribution in [-0.4, -0.2) is 57.1 Å². The second-order valence-corrected chi connectivity index (χ2v) is 8.22. The molecule has 2 aromatic rings. The highest BCUT2D eigenvalue weighted by atomic mass is 32.2. The predicted molar refractivity (Wildman–Crippen MR) is 102 cm³/mol. The lowest BCUT2D eigenvalue weighted by Gasteiger charge is -2.36. The van der Waals surface area contributed by atoms with Gasteiger partial charge >= 0.3 is 5.97 Å².